The number of piperazine rings is 1. The topological polar surface area (TPSA) is 53.5 Å². The number of anilines is 2. The molecule has 1 saturated carbocycles. The maximum atomic E-state index is 5.42. The highest BCUT2D eigenvalue weighted by Gasteiger charge is 2.28. The largest absolute Gasteiger partial charge is 0.384 e. The maximum Gasteiger partial charge on any atom is 0.228 e. The van der Waals surface area contributed by atoms with Gasteiger partial charge >= 0.3 is 0 Å². The van der Waals surface area contributed by atoms with Crippen LogP contribution in [0.3, 0.4) is 0 Å². The summed E-state index contributed by atoms with van der Waals surface area (Å²) < 4.78 is 5.42. The molecule has 2 saturated heterocycles. The summed E-state index contributed by atoms with van der Waals surface area (Å²) in [6, 6.07) is 0. The van der Waals surface area contributed by atoms with E-state index in [1.54, 1.807) is 0 Å². The molecule has 6 nitrogen and oxygen atoms in total. The van der Waals surface area contributed by atoms with Gasteiger partial charge in [0, 0.05) is 53.0 Å². The summed E-state index contributed by atoms with van der Waals surface area (Å²) in [5.74, 6) is 3.49. The summed E-state index contributed by atoms with van der Waals surface area (Å²) in [5.41, 5.74) is 1.52. The Morgan fingerprint density at radius 1 is 1.00 bits per heavy atom. The van der Waals surface area contributed by atoms with Gasteiger partial charge in [-0.3, -0.25) is 0 Å². The second-order valence-corrected chi connectivity index (χ2v) is 10.0. The minimum atomic E-state index is 0.677. The molecule has 0 amide bonds. The average molecular weight is 430 g/mol. The fourth-order valence-corrected chi connectivity index (χ4v) is 6.44. The molecular weight excluding hydrogens is 394 g/mol. The summed E-state index contributed by atoms with van der Waals surface area (Å²) in [6.07, 6.45) is 9.12. The predicted octanol–water partition coefficient (Wildman–Crippen LogP) is 4.01. The normalized spacial score (nSPS) is 22.2. The number of piperidine rings is 1. The lowest BCUT2D eigenvalue weighted by Gasteiger charge is -2.34. The molecule has 164 valence electrons. The van der Waals surface area contributed by atoms with Crippen molar-refractivity contribution in [2.45, 2.75) is 50.9 Å². The molecule has 7 heteroatoms. The second-order valence-electron chi connectivity index (χ2n) is 9.18. The Labute approximate surface area is 184 Å². The molecule has 0 unspecified atom stereocenters. The van der Waals surface area contributed by atoms with E-state index in [1.807, 2.05) is 18.4 Å². The van der Waals surface area contributed by atoms with E-state index in [-0.39, 0.29) is 0 Å². The number of rotatable bonds is 5. The van der Waals surface area contributed by atoms with Crippen molar-refractivity contribution < 1.29 is 4.74 Å². The van der Waals surface area contributed by atoms with Gasteiger partial charge < -0.3 is 19.9 Å². The third kappa shape index (κ3) is 4.16. The Kier molecular flexibility index (Phi) is 6.39. The van der Waals surface area contributed by atoms with Crippen LogP contribution in [0.4, 0.5) is 11.8 Å². The van der Waals surface area contributed by atoms with Crippen LogP contribution >= 0.6 is 11.3 Å². The van der Waals surface area contributed by atoms with Gasteiger partial charge in [-0.25, -0.2) is 4.98 Å². The Balaban J connectivity index is 1.51. The van der Waals surface area contributed by atoms with Crippen LogP contribution in [0.15, 0.2) is 5.38 Å². The van der Waals surface area contributed by atoms with E-state index >= 15 is 0 Å². The SMILES string of the molecule is COCC1CCN(c2nc(N3CCNCC3)nc3scc(C4CCCCC4)c23)CC1. The number of ether oxygens (including phenoxy) is 1. The van der Waals surface area contributed by atoms with E-state index in [0.717, 1.165) is 51.8 Å². The highest BCUT2D eigenvalue weighted by Crippen LogP contribution is 2.43. The minimum Gasteiger partial charge on any atom is -0.384 e. The smallest absolute Gasteiger partial charge is 0.228 e. The highest BCUT2D eigenvalue weighted by atomic mass is 32.1. The quantitative estimate of drug-likeness (QED) is 0.775. The van der Waals surface area contributed by atoms with Crippen LogP contribution in [0.5, 0.6) is 0 Å². The predicted molar refractivity (Wildman–Crippen MR) is 125 cm³/mol. The number of aromatic nitrogens is 2. The van der Waals surface area contributed by atoms with Gasteiger partial charge in [0.1, 0.15) is 10.6 Å². The molecule has 0 spiro atoms. The van der Waals surface area contributed by atoms with Gasteiger partial charge in [-0.05, 0) is 48.5 Å². The molecule has 3 fully saturated rings. The van der Waals surface area contributed by atoms with Crippen LogP contribution < -0.4 is 15.1 Å². The number of fused-ring (bicyclic) bond motifs is 1. The molecular formula is C23H35N5OS. The van der Waals surface area contributed by atoms with E-state index in [4.69, 9.17) is 14.7 Å². The monoisotopic (exact) mass is 429 g/mol. The van der Waals surface area contributed by atoms with E-state index in [0.29, 0.717) is 11.8 Å². The van der Waals surface area contributed by atoms with Gasteiger partial charge in [-0.1, -0.05) is 19.3 Å². The minimum absolute atomic E-state index is 0.677. The Hall–Kier alpha value is -1.44. The molecule has 0 atom stereocenters. The zero-order valence-corrected chi connectivity index (χ0v) is 19.1. The number of methoxy groups -OCH3 is 1. The zero-order chi connectivity index (χ0) is 20.3. The van der Waals surface area contributed by atoms with Crippen LogP contribution in [-0.2, 0) is 4.74 Å². The molecule has 3 aliphatic rings. The summed E-state index contributed by atoms with van der Waals surface area (Å²) in [4.78, 5) is 16.4. The van der Waals surface area contributed by atoms with Crippen molar-refractivity contribution in [1.82, 2.24) is 15.3 Å². The fraction of sp³-hybridized carbons (Fsp3) is 0.739. The molecule has 2 aliphatic heterocycles. The molecule has 0 radical (unpaired) electrons. The molecule has 2 aromatic heterocycles. The molecule has 2 aromatic rings. The molecule has 0 aromatic carbocycles. The lowest BCUT2D eigenvalue weighted by Crippen LogP contribution is -2.44. The van der Waals surface area contributed by atoms with E-state index in [1.165, 1.54) is 66.5 Å². The standard InChI is InChI=1S/C23H35N5OS/c1-29-15-17-7-11-27(12-8-17)21-20-19(18-5-3-2-4-6-18)16-30-22(20)26-23(25-21)28-13-9-24-10-14-28/h16-18,24H,2-15H2,1H3. The van der Waals surface area contributed by atoms with Crippen LogP contribution in [0, 0.1) is 5.92 Å². The van der Waals surface area contributed by atoms with Crippen molar-refractivity contribution in [3.8, 4) is 0 Å². The van der Waals surface area contributed by atoms with Crippen molar-refractivity contribution in [3.63, 3.8) is 0 Å². The highest BCUT2D eigenvalue weighted by molar-refractivity contribution is 7.17. The maximum absolute atomic E-state index is 5.42. The lowest BCUT2D eigenvalue weighted by molar-refractivity contribution is 0.139. The average Bonchev–Trinajstić information content (AvgIpc) is 3.25. The first-order chi connectivity index (χ1) is 14.8. The van der Waals surface area contributed by atoms with Crippen LogP contribution in [-0.4, -0.2) is 63.0 Å². The number of nitrogens with zero attached hydrogens (tertiary/aromatic N) is 4. The Bertz CT molecular complexity index is 835. The van der Waals surface area contributed by atoms with Gasteiger partial charge in [-0.15, -0.1) is 11.3 Å². The third-order valence-electron chi connectivity index (χ3n) is 7.19. The molecule has 0 bridgehead atoms. The number of nitrogens with one attached hydrogen (secondary N) is 1. The van der Waals surface area contributed by atoms with E-state index in [2.05, 4.69) is 20.5 Å². The number of hydrogen-bond donors (Lipinski definition) is 1. The van der Waals surface area contributed by atoms with Crippen LogP contribution in [0.2, 0.25) is 0 Å². The summed E-state index contributed by atoms with van der Waals surface area (Å²) >= 11 is 1.83. The van der Waals surface area contributed by atoms with Gasteiger partial charge in [0.15, 0.2) is 0 Å². The number of hydrogen-bond acceptors (Lipinski definition) is 7. The Morgan fingerprint density at radius 3 is 2.50 bits per heavy atom. The van der Waals surface area contributed by atoms with Gasteiger partial charge in [0.2, 0.25) is 5.95 Å². The Morgan fingerprint density at radius 2 is 1.77 bits per heavy atom. The summed E-state index contributed by atoms with van der Waals surface area (Å²) in [5, 5.41) is 7.20. The van der Waals surface area contributed by atoms with Crippen LogP contribution in [0.1, 0.15) is 56.4 Å². The van der Waals surface area contributed by atoms with Gasteiger partial charge in [0.05, 0.1) is 5.39 Å². The number of thiophene rings is 1. The van der Waals surface area contributed by atoms with Gasteiger partial charge in [-0.2, -0.15) is 4.98 Å². The molecule has 1 aliphatic carbocycles. The second kappa shape index (κ2) is 9.37. The molecule has 30 heavy (non-hydrogen) atoms. The lowest BCUT2D eigenvalue weighted by atomic mass is 9.84. The first-order valence-corrected chi connectivity index (χ1v) is 12.7. The molecule has 1 N–H and O–H groups in total. The summed E-state index contributed by atoms with van der Waals surface area (Å²) in [6.45, 7) is 7.02. The van der Waals surface area contributed by atoms with Crippen molar-refractivity contribution >= 4 is 33.3 Å². The third-order valence-corrected chi connectivity index (χ3v) is 8.08. The van der Waals surface area contributed by atoms with Crippen LogP contribution in [0.25, 0.3) is 10.2 Å². The van der Waals surface area contributed by atoms with E-state index < -0.39 is 0 Å². The van der Waals surface area contributed by atoms with Crippen molar-refractivity contribution in [2.75, 3.05) is 62.8 Å². The van der Waals surface area contributed by atoms with Gasteiger partial charge in [0.25, 0.3) is 0 Å². The van der Waals surface area contributed by atoms with Crippen molar-refractivity contribution in [3.05, 3.63) is 10.9 Å². The zero-order valence-electron chi connectivity index (χ0n) is 18.2. The summed E-state index contributed by atoms with van der Waals surface area (Å²) in [7, 11) is 1.82. The molecule has 4 heterocycles. The fourth-order valence-electron chi connectivity index (χ4n) is 5.43. The van der Waals surface area contributed by atoms with Crippen molar-refractivity contribution in [2.24, 2.45) is 5.92 Å². The van der Waals surface area contributed by atoms with Crippen molar-refractivity contribution in [1.29, 1.82) is 0 Å². The van der Waals surface area contributed by atoms with E-state index in [9.17, 15) is 0 Å². The first kappa shape index (κ1) is 20.5. The first-order valence-electron chi connectivity index (χ1n) is 11.8. The molecule has 5 rings (SSSR count).